The number of fused-ring (bicyclic) bond motifs is 2. The maximum atomic E-state index is 4.36. The summed E-state index contributed by atoms with van der Waals surface area (Å²) >= 11 is 0. The van der Waals surface area contributed by atoms with E-state index in [9.17, 15) is 0 Å². The Kier molecular flexibility index (Phi) is 2.15. The maximum absolute atomic E-state index is 4.36. The van der Waals surface area contributed by atoms with Crippen molar-refractivity contribution >= 4 is 21.8 Å². The van der Waals surface area contributed by atoms with Crippen molar-refractivity contribution in [1.82, 2.24) is 9.55 Å². The molecular formula is C17H12N2. The summed E-state index contributed by atoms with van der Waals surface area (Å²) in [5.41, 5.74) is 3.43. The zero-order valence-electron chi connectivity index (χ0n) is 10.3. The van der Waals surface area contributed by atoms with Gasteiger partial charge in [0, 0.05) is 23.5 Å². The molecule has 2 heterocycles. The predicted octanol–water partition coefficient (Wildman–Crippen LogP) is 4.18. The highest BCUT2D eigenvalue weighted by molar-refractivity contribution is 5.84. The lowest BCUT2D eigenvalue weighted by Crippen LogP contribution is -1.91. The van der Waals surface area contributed by atoms with Gasteiger partial charge in [0.2, 0.25) is 0 Å². The first-order chi connectivity index (χ1) is 9.42. The SMILES string of the molecule is c1cnc2ccc(-n3ccc4ccccc43)cc2c1. The van der Waals surface area contributed by atoms with Crippen LogP contribution in [0.1, 0.15) is 0 Å². The molecule has 90 valence electrons. The number of nitrogens with zero attached hydrogens (tertiary/aromatic N) is 2. The zero-order chi connectivity index (χ0) is 12.7. The van der Waals surface area contributed by atoms with Gasteiger partial charge in [-0.25, -0.2) is 0 Å². The van der Waals surface area contributed by atoms with E-state index in [1.54, 1.807) is 0 Å². The second kappa shape index (κ2) is 3.95. The van der Waals surface area contributed by atoms with Crippen LogP contribution in [0, 0.1) is 0 Å². The fraction of sp³-hybridized carbons (Fsp3) is 0. The molecule has 4 rings (SSSR count). The minimum absolute atomic E-state index is 1.03. The highest BCUT2D eigenvalue weighted by Crippen LogP contribution is 2.22. The van der Waals surface area contributed by atoms with Gasteiger partial charge in [0.1, 0.15) is 0 Å². The van der Waals surface area contributed by atoms with Gasteiger partial charge in [0.15, 0.2) is 0 Å². The summed E-state index contributed by atoms with van der Waals surface area (Å²) in [6.07, 6.45) is 3.94. The van der Waals surface area contributed by atoms with Gasteiger partial charge >= 0.3 is 0 Å². The van der Waals surface area contributed by atoms with Gasteiger partial charge in [0.05, 0.1) is 11.0 Å². The second-order valence-corrected chi connectivity index (χ2v) is 4.62. The molecule has 0 spiro atoms. The molecule has 0 saturated carbocycles. The van der Waals surface area contributed by atoms with Crippen LogP contribution in [0.2, 0.25) is 0 Å². The Hall–Kier alpha value is -2.61. The van der Waals surface area contributed by atoms with E-state index in [1.807, 2.05) is 12.3 Å². The van der Waals surface area contributed by atoms with Gasteiger partial charge in [-0.15, -0.1) is 0 Å². The summed E-state index contributed by atoms with van der Waals surface area (Å²) in [7, 11) is 0. The number of hydrogen-bond donors (Lipinski definition) is 0. The van der Waals surface area contributed by atoms with E-state index in [0.717, 1.165) is 10.9 Å². The fourth-order valence-electron chi connectivity index (χ4n) is 2.52. The Morgan fingerprint density at radius 1 is 0.789 bits per heavy atom. The van der Waals surface area contributed by atoms with Crippen molar-refractivity contribution in [2.24, 2.45) is 0 Å². The molecule has 2 aromatic heterocycles. The van der Waals surface area contributed by atoms with Crippen molar-refractivity contribution in [3.8, 4) is 5.69 Å². The molecular weight excluding hydrogens is 232 g/mol. The molecule has 0 unspecified atom stereocenters. The maximum Gasteiger partial charge on any atom is 0.0703 e. The average molecular weight is 244 g/mol. The molecule has 0 aliphatic rings. The molecule has 4 aromatic rings. The van der Waals surface area contributed by atoms with E-state index < -0.39 is 0 Å². The van der Waals surface area contributed by atoms with Crippen LogP contribution in [0.25, 0.3) is 27.5 Å². The minimum Gasteiger partial charge on any atom is -0.317 e. The van der Waals surface area contributed by atoms with Gasteiger partial charge < -0.3 is 4.57 Å². The van der Waals surface area contributed by atoms with Crippen molar-refractivity contribution in [2.75, 3.05) is 0 Å². The van der Waals surface area contributed by atoms with Crippen LogP contribution < -0.4 is 0 Å². The summed E-state index contributed by atoms with van der Waals surface area (Å²) in [5, 5.41) is 2.42. The number of hydrogen-bond acceptors (Lipinski definition) is 1. The van der Waals surface area contributed by atoms with Crippen molar-refractivity contribution in [3.63, 3.8) is 0 Å². The molecule has 2 heteroatoms. The number of rotatable bonds is 1. The smallest absolute Gasteiger partial charge is 0.0703 e. The molecule has 0 N–H and O–H groups in total. The Bertz CT molecular complexity index is 874. The lowest BCUT2D eigenvalue weighted by molar-refractivity contribution is 1.13. The van der Waals surface area contributed by atoms with E-state index in [0.29, 0.717) is 0 Å². The predicted molar refractivity (Wildman–Crippen MR) is 78.6 cm³/mol. The molecule has 0 bridgehead atoms. The quantitative estimate of drug-likeness (QED) is 0.491. The van der Waals surface area contributed by atoms with Crippen molar-refractivity contribution in [1.29, 1.82) is 0 Å². The average Bonchev–Trinajstić information content (AvgIpc) is 2.91. The number of pyridine rings is 1. The van der Waals surface area contributed by atoms with Gasteiger partial charge in [-0.05, 0) is 41.8 Å². The van der Waals surface area contributed by atoms with E-state index in [4.69, 9.17) is 0 Å². The molecule has 19 heavy (non-hydrogen) atoms. The minimum atomic E-state index is 1.03. The van der Waals surface area contributed by atoms with E-state index in [-0.39, 0.29) is 0 Å². The Morgan fingerprint density at radius 2 is 1.68 bits per heavy atom. The van der Waals surface area contributed by atoms with E-state index in [2.05, 4.69) is 70.3 Å². The lowest BCUT2D eigenvalue weighted by Gasteiger charge is -2.06. The molecule has 0 fully saturated rings. The third-order valence-corrected chi connectivity index (χ3v) is 3.46. The molecule has 2 nitrogen and oxygen atoms in total. The van der Waals surface area contributed by atoms with Crippen molar-refractivity contribution in [2.45, 2.75) is 0 Å². The number of para-hydroxylation sites is 1. The molecule has 0 saturated heterocycles. The molecule has 0 atom stereocenters. The Balaban J connectivity index is 1.99. The van der Waals surface area contributed by atoms with Crippen molar-refractivity contribution < 1.29 is 0 Å². The topological polar surface area (TPSA) is 17.8 Å². The van der Waals surface area contributed by atoms with Crippen molar-refractivity contribution in [3.05, 3.63) is 73.1 Å². The largest absolute Gasteiger partial charge is 0.317 e. The standard InChI is InChI=1S/C17H12N2/c1-2-6-17-13(4-1)9-11-19(17)15-7-8-16-14(12-15)5-3-10-18-16/h1-12H. The van der Waals surface area contributed by atoms with Crippen LogP contribution in [0.4, 0.5) is 0 Å². The third-order valence-electron chi connectivity index (χ3n) is 3.46. The van der Waals surface area contributed by atoms with Crippen LogP contribution in [0.3, 0.4) is 0 Å². The number of benzene rings is 2. The molecule has 0 aliphatic carbocycles. The lowest BCUT2D eigenvalue weighted by atomic mass is 10.2. The van der Waals surface area contributed by atoms with Crippen LogP contribution >= 0.6 is 0 Å². The Labute approximate surface area is 110 Å². The summed E-state index contributed by atoms with van der Waals surface area (Å²) in [5.74, 6) is 0. The first-order valence-corrected chi connectivity index (χ1v) is 6.33. The van der Waals surface area contributed by atoms with Gasteiger partial charge in [-0.3, -0.25) is 4.98 Å². The van der Waals surface area contributed by atoms with Crippen LogP contribution in [-0.4, -0.2) is 9.55 Å². The zero-order valence-corrected chi connectivity index (χ0v) is 10.3. The summed E-state index contributed by atoms with van der Waals surface area (Å²) < 4.78 is 2.21. The molecule has 2 aromatic carbocycles. The highest BCUT2D eigenvalue weighted by atomic mass is 15.0. The molecule has 0 aliphatic heterocycles. The Morgan fingerprint density at radius 3 is 2.68 bits per heavy atom. The van der Waals surface area contributed by atoms with Crippen LogP contribution in [-0.2, 0) is 0 Å². The first kappa shape index (κ1) is 10.3. The van der Waals surface area contributed by atoms with Gasteiger partial charge in [-0.1, -0.05) is 24.3 Å². The van der Waals surface area contributed by atoms with Gasteiger partial charge in [-0.2, -0.15) is 0 Å². The monoisotopic (exact) mass is 244 g/mol. The van der Waals surface area contributed by atoms with E-state index >= 15 is 0 Å². The molecule has 0 radical (unpaired) electrons. The van der Waals surface area contributed by atoms with Crippen LogP contribution in [0.5, 0.6) is 0 Å². The highest BCUT2D eigenvalue weighted by Gasteiger charge is 2.03. The van der Waals surface area contributed by atoms with E-state index in [1.165, 1.54) is 16.6 Å². The summed E-state index contributed by atoms with van der Waals surface area (Å²) in [6, 6.07) is 21.0. The third kappa shape index (κ3) is 1.61. The number of aromatic nitrogens is 2. The first-order valence-electron chi connectivity index (χ1n) is 6.33. The normalized spacial score (nSPS) is 11.2. The van der Waals surface area contributed by atoms with Crippen LogP contribution in [0.15, 0.2) is 73.1 Å². The summed E-state index contributed by atoms with van der Waals surface area (Å²) in [4.78, 5) is 4.36. The second-order valence-electron chi connectivity index (χ2n) is 4.62. The van der Waals surface area contributed by atoms with Gasteiger partial charge in [0.25, 0.3) is 0 Å². The fourth-order valence-corrected chi connectivity index (χ4v) is 2.52. The summed E-state index contributed by atoms with van der Waals surface area (Å²) in [6.45, 7) is 0. The molecule has 0 amide bonds.